The normalized spacial score (nSPS) is 15.3. The first-order valence-corrected chi connectivity index (χ1v) is 10.5. The predicted molar refractivity (Wildman–Crippen MR) is 119 cm³/mol. The molecule has 7 heteroatoms. The summed E-state index contributed by atoms with van der Waals surface area (Å²) in [6, 6.07) is 17.3. The molecule has 0 aliphatic carbocycles. The van der Waals surface area contributed by atoms with E-state index in [1.807, 2.05) is 48.5 Å². The lowest BCUT2D eigenvalue weighted by molar-refractivity contribution is -0.123. The summed E-state index contributed by atoms with van der Waals surface area (Å²) in [4.78, 5) is 26.7. The molecule has 1 heterocycles. The van der Waals surface area contributed by atoms with Gasteiger partial charge in [-0.25, -0.2) is 0 Å². The first-order valence-electron chi connectivity index (χ1n) is 8.85. The molecule has 1 aliphatic heterocycles. The number of thiocarbonyl (C=S) groups is 1. The molecule has 0 bridgehead atoms. The van der Waals surface area contributed by atoms with Crippen molar-refractivity contribution in [3.63, 3.8) is 0 Å². The zero-order valence-corrected chi connectivity index (χ0v) is 17.4. The number of rotatable bonds is 7. The van der Waals surface area contributed by atoms with Crippen molar-refractivity contribution >= 4 is 57.8 Å². The number of hydrogen-bond donors (Lipinski definition) is 1. The Kier molecular flexibility index (Phi) is 7.25. The Morgan fingerprint density at radius 2 is 1.86 bits per heavy atom. The van der Waals surface area contributed by atoms with Crippen LogP contribution < -0.4 is 5.32 Å². The van der Waals surface area contributed by atoms with Crippen LogP contribution in [-0.2, 0) is 16.0 Å². The maximum Gasteiger partial charge on any atom is 0.266 e. The van der Waals surface area contributed by atoms with Gasteiger partial charge in [0, 0.05) is 24.5 Å². The number of nitrogens with zero attached hydrogens (tertiary/aromatic N) is 1. The summed E-state index contributed by atoms with van der Waals surface area (Å²) < 4.78 is 0.459. The molecular formula is C21H19ClN2O2S2. The van der Waals surface area contributed by atoms with Crippen LogP contribution in [0, 0.1) is 0 Å². The Balaban J connectivity index is 1.50. The van der Waals surface area contributed by atoms with E-state index < -0.39 is 0 Å². The second kappa shape index (κ2) is 9.87. The van der Waals surface area contributed by atoms with Crippen molar-refractivity contribution in [1.82, 2.24) is 10.2 Å². The van der Waals surface area contributed by atoms with E-state index in [0.29, 0.717) is 20.8 Å². The number of halogens is 1. The van der Waals surface area contributed by atoms with Gasteiger partial charge >= 0.3 is 0 Å². The van der Waals surface area contributed by atoms with E-state index in [2.05, 4.69) is 5.32 Å². The van der Waals surface area contributed by atoms with E-state index in [-0.39, 0.29) is 24.8 Å². The van der Waals surface area contributed by atoms with Gasteiger partial charge in [0.25, 0.3) is 5.91 Å². The van der Waals surface area contributed by atoms with Crippen molar-refractivity contribution in [3.8, 4) is 0 Å². The fourth-order valence-electron chi connectivity index (χ4n) is 2.72. The van der Waals surface area contributed by atoms with Crippen molar-refractivity contribution in [1.29, 1.82) is 0 Å². The first-order chi connectivity index (χ1) is 13.5. The predicted octanol–water partition coefficient (Wildman–Crippen LogP) is 4.29. The van der Waals surface area contributed by atoms with Crippen LogP contribution in [0.5, 0.6) is 0 Å². The van der Waals surface area contributed by atoms with Gasteiger partial charge in [0.05, 0.1) is 4.91 Å². The highest BCUT2D eigenvalue weighted by Crippen LogP contribution is 2.33. The maximum absolute atomic E-state index is 12.6. The van der Waals surface area contributed by atoms with Crippen LogP contribution in [0.2, 0.25) is 5.02 Å². The highest BCUT2D eigenvalue weighted by Gasteiger charge is 2.32. The summed E-state index contributed by atoms with van der Waals surface area (Å²) in [5.41, 5.74) is 1.94. The summed E-state index contributed by atoms with van der Waals surface area (Å²) in [7, 11) is 0. The molecule has 0 spiro atoms. The van der Waals surface area contributed by atoms with Crippen LogP contribution in [-0.4, -0.2) is 34.1 Å². The number of carbonyl (C=O) groups is 2. The SMILES string of the molecule is O=C(CCN1C(=O)C(=Cc2ccccc2Cl)SC1=S)NCCc1ccccc1. The molecule has 1 fully saturated rings. The van der Waals surface area contributed by atoms with Crippen LogP contribution >= 0.6 is 35.6 Å². The van der Waals surface area contributed by atoms with E-state index in [4.69, 9.17) is 23.8 Å². The Hall–Kier alpha value is -2.15. The van der Waals surface area contributed by atoms with Gasteiger partial charge in [0.2, 0.25) is 5.91 Å². The van der Waals surface area contributed by atoms with E-state index in [0.717, 1.165) is 12.0 Å². The van der Waals surface area contributed by atoms with Gasteiger partial charge in [0.1, 0.15) is 4.32 Å². The van der Waals surface area contributed by atoms with Crippen LogP contribution in [0.1, 0.15) is 17.5 Å². The fourth-order valence-corrected chi connectivity index (χ4v) is 4.21. The molecule has 2 aromatic carbocycles. The lowest BCUT2D eigenvalue weighted by atomic mass is 10.1. The molecule has 2 amide bonds. The smallest absolute Gasteiger partial charge is 0.266 e. The summed E-state index contributed by atoms with van der Waals surface area (Å²) in [6.45, 7) is 0.829. The molecule has 3 rings (SSSR count). The molecule has 0 radical (unpaired) electrons. The average Bonchev–Trinajstić information content (AvgIpc) is 2.96. The molecule has 0 saturated carbocycles. The number of thioether (sulfide) groups is 1. The third kappa shape index (κ3) is 5.44. The van der Waals surface area contributed by atoms with Crippen LogP contribution in [0.3, 0.4) is 0 Å². The van der Waals surface area contributed by atoms with Gasteiger partial charge in [0.15, 0.2) is 0 Å². The van der Waals surface area contributed by atoms with Gasteiger partial charge in [-0.3, -0.25) is 14.5 Å². The van der Waals surface area contributed by atoms with Gasteiger partial charge < -0.3 is 5.32 Å². The molecule has 144 valence electrons. The largest absolute Gasteiger partial charge is 0.356 e. The van der Waals surface area contributed by atoms with Gasteiger partial charge in [-0.15, -0.1) is 0 Å². The van der Waals surface area contributed by atoms with E-state index in [9.17, 15) is 9.59 Å². The van der Waals surface area contributed by atoms with Crippen LogP contribution in [0.15, 0.2) is 59.5 Å². The molecular weight excluding hydrogens is 412 g/mol. The molecule has 2 aromatic rings. The topological polar surface area (TPSA) is 49.4 Å². The molecule has 4 nitrogen and oxygen atoms in total. The maximum atomic E-state index is 12.6. The molecule has 0 aromatic heterocycles. The highest BCUT2D eigenvalue weighted by molar-refractivity contribution is 8.26. The van der Waals surface area contributed by atoms with Gasteiger partial charge in [-0.2, -0.15) is 0 Å². The van der Waals surface area contributed by atoms with Crippen LogP contribution in [0.4, 0.5) is 0 Å². The van der Waals surface area contributed by atoms with Crippen molar-refractivity contribution in [2.45, 2.75) is 12.8 Å². The number of benzene rings is 2. The van der Waals surface area contributed by atoms with Gasteiger partial charge in [-0.05, 0) is 29.7 Å². The lowest BCUT2D eigenvalue weighted by Crippen LogP contribution is -2.34. The van der Waals surface area contributed by atoms with Crippen molar-refractivity contribution < 1.29 is 9.59 Å². The third-order valence-corrected chi connectivity index (χ3v) is 5.93. The third-order valence-electron chi connectivity index (χ3n) is 4.21. The summed E-state index contributed by atoms with van der Waals surface area (Å²) in [6.07, 6.45) is 2.72. The Labute approximate surface area is 178 Å². The number of nitrogens with one attached hydrogen (secondary N) is 1. The number of hydrogen-bond acceptors (Lipinski definition) is 4. The standard InChI is InChI=1S/C21H19ClN2O2S2/c22-17-9-5-4-8-16(17)14-18-20(26)24(21(27)28-18)13-11-19(25)23-12-10-15-6-2-1-3-7-15/h1-9,14H,10-13H2,(H,23,25). The Morgan fingerprint density at radius 3 is 2.61 bits per heavy atom. The zero-order valence-electron chi connectivity index (χ0n) is 15.1. The minimum Gasteiger partial charge on any atom is -0.356 e. The minimum atomic E-state index is -0.188. The van der Waals surface area contributed by atoms with E-state index >= 15 is 0 Å². The van der Waals surface area contributed by atoms with Crippen LogP contribution in [0.25, 0.3) is 6.08 Å². The first kappa shape index (κ1) is 20.6. The van der Waals surface area contributed by atoms with Gasteiger partial charge in [-0.1, -0.05) is 84.1 Å². The number of amides is 2. The second-order valence-corrected chi connectivity index (χ2v) is 8.27. The molecule has 1 saturated heterocycles. The van der Waals surface area contributed by atoms with E-state index in [1.165, 1.54) is 22.2 Å². The number of carbonyl (C=O) groups excluding carboxylic acids is 2. The highest BCUT2D eigenvalue weighted by atomic mass is 35.5. The average molecular weight is 431 g/mol. The molecule has 0 unspecified atom stereocenters. The molecule has 0 atom stereocenters. The zero-order chi connectivity index (χ0) is 19.9. The van der Waals surface area contributed by atoms with E-state index in [1.54, 1.807) is 12.1 Å². The summed E-state index contributed by atoms with van der Waals surface area (Å²) in [5, 5.41) is 3.46. The monoisotopic (exact) mass is 430 g/mol. The van der Waals surface area contributed by atoms with Crippen molar-refractivity contribution in [3.05, 3.63) is 75.7 Å². The quantitative estimate of drug-likeness (QED) is 0.525. The minimum absolute atomic E-state index is 0.0972. The second-order valence-electron chi connectivity index (χ2n) is 6.19. The fraction of sp³-hybridized carbons (Fsp3) is 0.190. The Morgan fingerprint density at radius 1 is 1.14 bits per heavy atom. The van der Waals surface area contributed by atoms with Crippen molar-refractivity contribution in [2.75, 3.05) is 13.1 Å². The molecule has 1 aliphatic rings. The summed E-state index contributed by atoms with van der Waals surface area (Å²) in [5.74, 6) is -0.285. The summed E-state index contributed by atoms with van der Waals surface area (Å²) >= 11 is 12.7. The molecule has 1 N–H and O–H groups in total. The molecule has 28 heavy (non-hydrogen) atoms. The Bertz CT molecular complexity index is 916. The van der Waals surface area contributed by atoms with Crippen molar-refractivity contribution in [2.24, 2.45) is 0 Å². The lowest BCUT2D eigenvalue weighted by Gasteiger charge is -2.14.